The van der Waals surface area contributed by atoms with Crippen molar-refractivity contribution in [1.82, 2.24) is 9.55 Å². The van der Waals surface area contributed by atoms with Crippen LogP contribution >= 0.6 is 0 Å². The van der Waals surface area contributed by atoms with Gasteiger partial charge in [-0.05, 0) is 6.92 Å². The molecule has 0 aromatic carbocycles. The van der Waals surface area contributed by atoms with Gasteiger partial charge in [-0.3, -0.25) is 14.3 Å². The minimum absolute atomic E-state index is 0.0842. The predicted molar refractivity (Wildman–Crippen MR) is 75.8 cm³/mol. The number of rotatable bonds is 6. The van der Waals surface area contributed by atoms with E-state index in [2.05, 4.69) is 4.98 Å². The molecule has 130 valence electrons. The molecule has 10 nitrogen and oxygen atoms in total. The first-order valence-electron chi connectivity index (χ1n) is 6.97. The summed E-state index contributed by atoms with van der Waals surface area (Å²) in [5.74, 6) is -2.29. The molecule has 0 bridgehead atoms. The number of methoxy groups -OCH3 is 1. The van der Waals surface area contributed by atoms with Crippen molar-refractivity contribution in [3.63, 3.8) is 0 Å². The van der Waals surface area contributed by atoms with Gasteiger partial charge in [0.25, 0.3) is 5.56 Å². The van der Waals surface area contributed by atoms with Crippen LogP contribution in [0.3, 0.4) is 0 Å². The van der Waals surface area contributed by atoms with Crippen molar-refractivity contribution in [2.24, 2.45) is 0 Å². The number of aliphatic hydroxyl groups is 3. The van der Waals surface area contributed by atoms with Crippen molar-refractivity contribution >= 4 is 0 Å². The summed E-state index contributed by atoms with van der Waals surface area (Å²) in [5.41, 5.74) is -1.22. The van der Waals surface area contributed by atoms with Gasteiger partial charge in [0, 0.05) is 18.9 Å². The third-order valence-corrected chi connectivity index (χ3v) is 3.63. The van der Waals surface area contributed by atoms with E-state index in [-0.39, 0.29) is 18.8 Å². The van der Waals surface area contributed by atoms with Crippen LogP contribution in [-0.2, 0) is 14.2 Å². The number of aromatic amines is 1. The van der Waals surface area contributed by atoms with E-state index in [1.807, 2.05) is 0 Å². The monoisotopic (exact) mass is 332 g/mol. The first-order valence-corrected chi connectivity index (χ1v) is 6.97. The standard InChI is InChI=1S/C13H20N2O8/c1-7-5-15(12(19)14-10(7)18)11-13(20,22-4-3-21-2)9(17)8(6-16)23-11/h5,8-9,11,16-17,20H,3-4,6H2,1-2H3,(H,14,18,19)/t8-,9-,11-,13+/m1/s1. The van der Waals surface area contributed by atoms with Gasteiger partial charge >= 0.3 is 5.69 Å². The molecule has 0 aliphatic carbocycles. The maximum atomic E-state index is 12.0. The van der Waals surface area contributed by atoms with E-state index in [4.69, 9.17) is 14.2 Å². The Morgan fingerprint density at radius 3 is 2.74 bits per heavy atom. The van der Waals surface area contributed by atoms with Crippen LogP contribution in [0.15, 0.2) is 15.8 Å². The van der Waals surface area contributed by atoms with E-state index >= 15 is 0 Å². The molecule has 1 aromatic rings. The molecular weight excluding hydrogens is 312 g/mol. The first-order chi connectivity index (χ1) is 10.8. The van der Waals surface area contributed by atoms with Crippen molar-refractivity contribution in [2.45, 2.75) is 31.1 Å². The summed E-state index contributed by atoms with van der Waals surface area (Å²) in [6, 6.07) is 0. The topological polar surface area (TPSA) is 143 Å². The molecule has 1 aliphatic heterocycles. The van der Waals surface area contributed by atoms with E-state index < -0.39 is 42.1 Å². The largest absolute Gasteiger partial charge is 0.394 e. The maximum absolute atomic E-state index is 12.0. The van der Waals surface area contributed by atoms with Crippen LogP contribution < -0.4 is 11.2 Å². The van der Waals surface area contributed by atoms with Gasteiger partial charge in [0.1, 0.15) is 12.2 Å². The highest BCUT2D eigenvalue weighted by atomic mass is 16.7. The minimum Gasteiger partial charge on any atom is -0.394 e. The van der Waals surface area contributed by atoms with Gasteiger partial charge in [-0.1, -0.05) is 0 Å². The Labute approximate surface area is 130 Å². The lowest BCUT2D eigenvalue weighted by atomic mass is 10.1. The fourth-order valence-electron chi connectivity index (χ4n) is 2.36. The summed E-state index contributed by atoms with van der Waals surface area (Å²) in [5, 5.41) is 30.1. The van der Waals surface area contributed by atoms with Crippen LogP contribution in [0.5, 0.6) is 0 Å². The van der Waals surface area contributed by atoms with Crippen LogP contribution in [0.2, 0.25) is 0 Å². The molecule has 2 heterocycles. The molecule has 1 aliphatic rings. The lowest BCUT2D eigenvalue weighted by molar-refractivity contribution is -0.281. The molecule has 1 fully saturated rings. The summed E-state index contributed by atoms with van der Waals surface area (Å²) in [7, 11) is 1.43. The minimum atomic E-state index is -2.29. The average Bonchev–Trinajstić information content (AvgIpc) is 2.76. The number of H-pyrrole nitrogens is 1. The Kier molecular flexibility index (Phi) is 5.34. The molecule has 2 rings (SSSR count). The van der Waals surface area contributed by atoms with Crippen LogP contribution in [0.1, 0.15) is 11.8 Å². The molecule has 1 saturated heterocycles. The molecule has 10 heteroatoms. The zero-order chi connectivity index (χ0) is 17.2. The fraction of sp³-hybridized carbons (Fsp3) is 0.692. The number of aliphatic hydroxyl groups excluding tert-OH is 2. The Balaban J connectivity index is 2.43. The van der Waals surface area contributed by atoms with Gasteiger partial charge in [0.05, 0.1) is 19.8 Å². The van der Waals surface area contributed by atoms with Crippen molar-refractivity contribution in [3.8, 4) is 0 Å². The maximum Gasteiger partial charge on any atom is 0.330 e. The van der Waals surface area contributed by atoms with Crippen molar-refractivity contribution in [2.75, 3.05) is 26.9 Å². The lowest BCUT2D eigenvalue weighted by Crippen LogP contribution is -2.51. The Morgan fingerprint density at radius 1 is 1.43 bits per heavy atom. The molecule has 0 radical (unpaired) electrons. The second kappa shape index (κ2) is 6.91. The Morgan fingerprint density at radius 2 is 2.13 bits per heavy atom. The molecule has 0 spiro atoms. The van der Waals surface area contributed by atoms with E-state index in [0.717, 1.165) is 4.57 Å². The SMILES string of the molecule is COCCO[C@@]1(O)[C@H](O)[C@@H](CO)O[C@H]1n1cc(C)c(=O)[nH]c1=O. The number of aromatic nitrogens is 2. The van der Waals surface area contributed by atoms with Crippen molar-refractivity contribution in [3.05, 3.63) is 32.6 Å². The molecule has 0 saturated carbocycles. The van der Waals surface area contributed by atoms with Gasteiger partial charge in [-0.25, -0.2) is 4.79 Å². The molecule has 1 aromatic heterocycles. The Bertz CT molecular complexity index is 656. The fourth-order valence-corrected chi connectivity index (χ4v) is 2.36. The summed E-state index contributed by atoms with van der Waals surface area (Å²) in [6.45, 7) is 0.920. The second-order valence-corrected chi connectivity index (χ2v) is 5.23. The van der Waals surface area contributed by atoms with E-state index in [9.17, 15) is 24.9 Å². The average molecular weight is 332 g/mol. The Hall–Kier alpha value is -1.56. The molecule has 4 atom stereocenters. The molecule has 4 N–H and O–H groups in total. The molecule has 23 heavy (non-hydrogen) atoms. The number of hydrogen-bond donors (Lipinski definition) is 4. The normalized spacial score (nSPS) is 30.7. The summed E-state index contributed by atoms with van der Waals surface area (Å²) >= 11 is 0. The van der Waals surface area contributed by atoms with Crippen molar-refractivity contribution < 1.29 is 29.5 Å². The summed E-state index contributed by atoms with van der Waals surface area (Å²) in [6.07, 6.45) is -3.03. The van der Waals surface area contributed by atoms with Gasteiger partial charge in [0.2, 0.25) is 5.79 Å². The highest BCUT2D eigenvalue weighted by molar-refractivity contribution is 5.04. The molecule has 0 amide bonds. The number of hydrogen-bond acceptors (Lipinski definition) is 8. The third-order valence-electron chi connectivity index (χ3n) is 3.63. The predicted octanol–water partition coefficient (Wildman–Crippen LogP) is -2.55. The first kappa shape index (κ1) is 17.8. The summed E-state index contributed by atoms with van der Waals surface area (Å²) in [4.78, 5) is 25.5. The number of ether oxygens (including phenoxy) is 3. The number of aryl methyl sites for hydroxylation is 1. The van der Waals surface area contributed by atoms with Gasteiger partial charge in [-0.15, -0.1) is 0 Å². The number of nitrogens with zero attached hydrogens (tertiary/aromatic N) is 1. The van der Waals surface area contributed by atoms with Crippen LogP contribution in [0.25, 0.3) is 0 Å². The van der Waals surface area contributed by atoms with Crippen molar-refractivity contribution in [1.29, 1.82) is 0 Å². The van der Waals surface area contributed by atoms with Gasteiger partial charge < -0.3 is 29.5 Å². The highest BCUT2D eigenvalue weighted by Gasteiger charge is 2.57. The quantitative estimate of drug-likeness (QED) is 0.329. The second-order valence-electron chi connectivity index (χ2n) is 5.23. The van der Waals surface area contributed by atoms with Crippen LogP contribution in [0.4, 0.5) is 0 Å². The van der Waals surface area contributed by atoms with Gasteiger partial charge in [-0.2, -0.15) is 0 Å². The van der Waals surface area contributed by atoms with Crippen LogP contribution in [-0.4, -0.2) is 69.8 Å². The highest BCUT2D eigenvalue weighted by Crippen LogP contribution is 2.38. The van der Waals surface area contributed by atoms with E-state index in [1.54, 1.807) is 0 Å². The van der Waals surface area contributed by atoms with Crippen LogP contribution in [0, 0.1) is 6.92 Å². The van der Waals surface area contributed by atoms with Gasteiger partial charge in [0.15, 0.2) is 6.23 Å². The van der Waals surface area contributed by atoms with E-state index in [1.165, 1.54) is 20.2 Å². The smallest absolute Gasteiger partial charge is 0.330 e. The lowest BCUT2D eigenvalue weighted by Gasteiger charge is -2.31. The number of nitrogens with one attached hydrogen (secondary N) is 1. The molecular formula is C13H20N2O8. The van der Waals surface area contributed by atoms with E-state index in [0.29, 0.717) is 0 Å². The third kappa shape index (κ3) is 3.22. The molecule has 0 unspecified atom stereocenters. The zero-order valence-electron chi connectivity index (χ0n) is 12.8. The zero-order valence-corrected chi connectivity index (χ0v) is 12.8. The summed E-state index contributed by atoms with van der Waals surface area (Å²) < 4.78 is 16.3.